The average molecular weight is 235 g/mol. The topological polar surface area (TPSA) is 74.7 Å². The molecule has 1 fully saturated rings. The quantitative estimate of drug-likeness (QED) is 0.699. The Morgan fingerprint density at radius 3 is 2.27 bits per heavy atom. The largest absolute Gasteiger partial charge is 0.386 e. The van der Waals surface area contributed by atoms with E-state index in [1.165, 1.54) is 4.90 Å². The molecule has 0 saturated carbocycles. The molecule has 1 N–H and O–H groups in total. The van der Waals surface area contributed by atoms with Crippen LogP contribution >= 0.6 is 0 Å². The molecule has 6 heteroatoms. The van der Waals surface area contributed by atoms with Gasteiger partial charge >= 0.3 is 0 Å². The minimum atomic E-state index is -3.27. The van der Waals surface area contributed by atoms with E-state index < -0.39 is 27.1 Å². The second kappa shape index (κ2) is 3.75. The van der Waals surface area contributed by atoms with Gasteiger partial charge in [0.15, 0.2) is 9.84 Å². The number of aliphatic hydroxyl groups is 1. The lowest BCUT2D eigenvalue weighted by atomic mass is 9.83. The summed E-state index contributed by atoms with van der Waals surface area (Å²) in [5.74, 6) is -0.830. The van der Waals surface area contributed by atoms with Gasteiger partial charge < -0.3 is 10.0 Å². The second-order valence-electron chi connectivity index (χ2n) is 4.58. The summed E-state index contributed by atoms with van der Waals surface area (Å²) >= 11 is 0. The minimum absolute atomic E-state index is 0.0692. The molecule has 0 aromatic heterocycles. The Labute approximate surface area is 90.0 Å². The van der Waals surface area contributed by atoms with Gasteiger partial charge in [0.05, 0.1) is 13.1 Å². The maximum absolute atomic E-state index is 11.4. The van der Waals surface area contributed by atoms with E-state index in [0.29, 0.717) is 0 Å². The molecule has 1 aliphatic heterocycles. The molecule has 5 nitrogen and oxygen atoms in total. The van der Waals surface area contributed by atoms with E-state index in [-0.39, 0.29) is 19.0 Å². The average Bonchev–Trinajstić information content (AvgIpc) is 1.94. The Kier molecular flexibility index (Phi) is 3.11. The van der Waals surface area contributed by atoms with Gasteiger partial charge in [-0.3, -0.25) is 4.79 Å². The first-order valence-corrected chi connectivity index (χ1v) is 6.88. The van der Waals surface area contributed by atoms with Crippen LogP contribution in [0.5, 0.6) is 0 Å². The van der Waals surface area contributed by atoms with E-state index in [1.54, 1.807) is 0 Å². The molecular formula is C9H17NO4S. The predicted molar refractivity (Wildman–Crippen MR) is 56.1 cm³/mol. The van der Waals surface area contributed by atoms with Crippen molar-refractivity contribution in [2.75, 3.05) is 25.1 Å². The maximum atomic E-state index is 11.4. The van der Waals surface area contributed by atoms with Gasteiger partial charge in [0.25, 0.3) is 0 Å². The van der Waals surface area contributed by atoms with Crippen LogP contribution in [0.25, 0.3) is 0 Å². The second-order valence-corrected chi connectivity index (χ2v) is 6.72. The highest BCUT2D eigenvalue weighted by Crippen LogP contribution is 2.28. The van der Waals surface area contributed by atoms with E-state index in [9.17, 15) is 18.3 Å². The zero-order valence-electron chi connectivity index (χ0n) is 9.23. The van der Waals surface area contributed by atoms with Crippen molar-refractivity contribution >= 4 is 15.7 Å². The fraction of sp³-hybridized carbons (Fsp3) is 0.889. The summed E-state index contributed by atoms with van der Waals surface area (Å²) in [5.41, 5.74) is -0.840. The molecule has 0 atom stereocenters. The summed E-state index contributed by atoms with van der Waals surface area (Å²) < 4.78 is 21.7. The molecule has 0 bridgehead atoms. The third kappa shape index (κ3) is 2.92. The van der Waals surface area contributed by atoms with E-state index in [2.05, 4.69) is 0 Å². The molecule has 0 spiro atoms. The van der Waals surface area contributed by atoms with Gasteiger partial charge in [-0.1, -0.05) is 13.8 Å². The molecule has 1 rings (SSSR count). The lowest BCUT2D eigenvalue weighted by molar-refractivity contribution is -0.161. The third-order valence-electron chi connectivity index (χ3n) is 2.74. The number of likely N-dealkylation sites (tertiary alicyclic amines) is 1. The molecule has 1 saturated heterocycles. The standard InChI is InChI=1S/C9H17NO4S/c1-7(2)9(12)5-10(6-9)8(11)4-15(3,13)14/h7,12H,4-6H2,1-3H3. The zero-order chi connectivity index (χ0) is 11.9. The molecular weight excluding hydrogens is 218 g/mol. The molecule has 0 unspecified atom stereocenters. The summed E-state index contributed by atoms with van der Waals surface area (Å²) in [6, 6.07) is 0. The Balaban J connectivity index is 2.49. The monoisotopic (exact) mass is 235 g/mol. The van der Waals surface area contributed by atoms with Crippen LogP contribution in [-0.2, 0) is 14.6 Å². The maximum Gasteiger partial charge on any atom is 0.237 e. The highest BCUT2D eigenvalue weighted by atomic mass is 32.2. The van der Waals surface area contributed by atoms with Crippen LogP contribution in [0, 0.1) is 5.92 Å². The van der Waals surface area contributed by atoms with Crippen molar-refractivity contribution in [1.29, 1.82) is 0 Å². The summed E-state index contributed by atoms with van der Waals surface area (Å²) in [7, 11) is -3.27. The Morgan fingerprint density at radius 2 is 1.93 bits per heavy atom. The Bertz CT molecular complexity index is 354. The van der Waals surface area contributed by atoms with Gasteiger partial charge in [-0.15, -0.1) is 0 Å². The zero-order valence-corrected chi connectivity index (χ0v) is 10.0. The number of sulfone groups is 1. The van der Waals surface area contributed by atoms with Crippen LogP contribution in [0.4, 0.5) is 0 Å². The number of rotatable bonds is 3. The van der Waals surface area contributed by atoms with Crippen LogP contribution in [-0.4, -0.2) is 55.0 Å². The number of hydrogen-bond acceptors (Lipinski definition) is 4. The highest BCUT2D eigenvalue weighted by molar-refractivity contribution is 7.91. The summed E-state index contributed by atoms with van der Waals surface area (Å²) in [6.45, 7) is 4.22. The molecule has 1 aliphatic rings. The molecule has 0 aromatic carbocycles. The van der Waals surface area contributed by atoms with Crippen molar-refractivity contribution in [2.45, 2.75) is 19.4 Å². The van der Waals surface area contributed by atoms with Crippen LogP contribution in [0.15, 0.2) is 0 Å². The SMILES string of the molecule is CC(C)C1(O)CN(C(=O)CS(C)(=O)=O)C1. The molecule has 0 aliphatic carbocycles. The number of carbonyl (C=O) groups excluding carboxylic acids is 1. The van der Waals surface area contributed by atoms with Crippen molar-refractivity contribution in [3.63, 3.8) is 0 Å². The van der Waals surface area contributed by atoms with E-state index in [4.69, 9.17) is 0 Å². The van der Waals surface area contributed by atoms with Crippen molar-refractivity contribution < 1.29 is 18.3 Å². The number of amides is 1. The fourth-order valence-corrected chi connectivity index (χ4v) is 2.10. The van der Waals surface area contributed by atoms with Gasteiger partial charge in [0.1, 0.15) is 11.4 Å². The van der Waals surface area contributed by atoms with Gasteiger partial charge in [-0.2, -0.15) is 0 Å². The van der Waals surface area contributed by atoms with Crippen LogP contribution < -0.4 is 0 Å². The van der Waals surface area contributed by atoms with Crippen LogP contribution in [0.3, 0.4) is 0 Å². The first kappa shape index (κ1) is 12.4. The Hall–Kier alpha value is -0.620. The van der Waals surface area contributed by atoms with Crippen molar-refractivity contribution in [3.8, 4) is 0 Å². The van der Waals surface area contributed by atoms with E-state index >= 15 is 0 Å². The Morgan fingerprint density at radius 1 is 1.47 bits per heavy atom. The fourth-order valence-electron chi connectivity index (χ4n) is 1.47. The van der Waals surface area contributed by atoms with Crippen molar-refractivity contribution in [1.82, 2.24) is 4.90 Å². The van der Waals surface area contributed by atoms with Gasteiger partial charge in [0, 0.05) is 6.26 Å². The van der Waals surface area contributed by atoms with Gasteiger partial charge in [-0.05, 0) is 5.92 Å². The molecule has 1 amide bonds. The number of β-amino-alcohol motifs (C(OH)–C–C–N with tert-alkyl or cyclic N) is 1. The first-order chi connectivity index (χ1) is 6.64. The van der Waals surface area contributed by atoms with Gasteiger partial charge in [-0.25, -0.2) is 8.42 Å². The van der Waals surface area contributed by atoms with Gasteiger partial charge in [0.2, 0.25) is 5.91 Å². The summed E-state index contributed by atoms with van der Waals surface area (Å²) in [4.78, 5) is 12.8. The smallest absolute Gasteiger partial charge is 0.237 e. The van der Waals surface area contributed by atoms with Crippen molar-refractivity contribution in [3.05, 3.63) is 0 Å². The number of hydrogen-bond donors (Lipinski definition) is 1. The summed E-state index contributed by atoms with van der Waals surface area (Å²) in [6.07, 6.45) is 1.03. The molecule has 88 valence electrons. The molecule has 15 heavy (non-hydrogen) atoms. The van der Waals surface area contributed by atoms with Crippen LogP contribution in [0.2, 0.25) is 0 Å². The third-order valence-corrected chi connectivity index (χ3v) is 3.51. The molecule has 1 heterocycles. The molecule has 0 radical (unpaired) electrons. The summed E-state index contributed by atoms with van der Waals surface area (Å²) in [5, 5.41) is 9.86. The lowest BCUT2D eigenvalue weighted by Gasteiger charge is -2.48. The van der Waals surface area contributed by atoms with Crippen molar-refractivity contribution in [2.24, 2.45) is 5.92 Å². The minimum Gasteiger partial charge on any atom is -0.386 e. The van der Waals surface area contributed by atoms with E-state index in [0.717, 1.165) is 6.26 Å². The first-order valence-electron chi connectivity index (χ1n) is 4.82. The molecule has 0 aromatic rings. The number of nitrogens with zero attached hydrogens (tertiary/aromatic N) is 1. The van der Waals surface area contributed by atoms with E-state index in [1.807, 2.05) is 13.8 Å². The normalized spacial score (nSPS) is 20.2. The number of carbonyl (C=O) groups is 1. The predicted octanol–water partition coefficient (Wildman–Crippen LogP) is -0.740. The lowest BCUT2D eigenvalue weighted by Crippen LogP contribution is -2.66. The van der Waals surface area contributed by atoms with Crippen LogP contribution in [0.1, 0.15) is 13.8 Å². The highest BCUT2D eigenvalue weighted by Gasteiger charge is 2.45.